The highest BCUT2D eigenvalue weighted by Gasteiger charge is 2.24. The van der Waals surface area contributed by atoms with Crippen LogP contribution in [0.4, 0.5) is 4.39 Å². The SMILES string of the molecule is CC(=O)NCCN1CCC(c2noc3cc(F)ccc23)CC1.O=C(O)C=CC(=O)O. The Morgan fingerprint density at radius 2 is 1.87 bits per heavy atom. The number of carboxylic acid groups (broad SMARTS) is 2. The van der Waals surface area contributed by atoms with Crippen molar-refractivity contribution in [2.45, 2.75) is 25.7 Å². The van der Waals surface area contributed by atoms with Gasteiger partial charge in [-0.25, -0.2) is 14.0 Å². The first-order valence-electron chi connectivity index (χ1n) is 9.41. The van der Waals surface area contributed by atoms with E-state index in [1.807, 2.05) is 0 Å². The number of carboxylic acids is 2. The van der Waals surface area contributed by atoms with Crippen LogP contribution in [0, 0.1) is 5.82 Å². The summed E-state index contributed by atoms with van der Waals surface area (Å²) in [5.74, 6) is -2.46. The first-order valence-corrected chi connectivity index (χ1v) is 9.41. The molecule has 3 rings (SSSR count). The van der Waals surface area contributed by atoms with Crippen LogP contribution in [-0.4, -0.2) is 64.3 Å². The molecule has 0 atom stereocenters. The second kappa shape index (κ2) is 11.1. The number of aromatic nitrogens is 1. The average molecular weight is 421 g/mol. The fraction of sp³-hybridized carbons (Fsp3) is 0.400. The predicted molar refractivity (Wildman–Crippen MR) is 105 cm³/mol. The number of carbonyl (C=O) groups excluding carboxylic acids is 1. The molecule has 0 saturated carbocycles. The summed E-state index contributed by atoms with van der Waals surface area (Å²) >= 11 is 0. The van der Waals surface area contributed by atoms with Crippen LogP contribution < -0.4 is 5.32 Å². The third kappa shape index (κ3) is 7.28. The van der Waals surface area contributed by atoms with Crippen molar-refractivity contribution in [3.8, 4) is 0 Å². The molecule has 0 bridgehead atoms. The molecule has 0 unspecified atom stereocenters. The molecule has 9 nitrogen and oxygen atoms in total. The van der Waals surface area contributed by atoms with Crippen molar-refractivity contribution in [3.05, 3.63) is 41.9 Å². The van der Waals surface area contributed by atoms with Crippen molar-refractivity contribution < 1.29 is 33.5 Å². The van der Waals surface area contributed by atoms with Crippen molar-refractivity contribution in [1.29, 1.82) is 0 Å². The summed E-state index contributed by atoms with van der Waals surface area (Å²) in [7, 11) is 0. The van der Waals surface area contributed by atoms with Crippen molar-refractivity contribution in [2.24, 2.45) is 0 Å². The fourth-order valence-electron chi connectivity index (χ4n) is 3.19. The minimum atomic E-state index is -1.26. The van der Waals surface area contributed by atoms with E-state index in [2.05, 4.69) is 15.4 Å². The van der Waals surface area contributed by atoms with Crippen LogP contribution in [0.3, 0.4) is 0 Å². The second-order valence-corrected chi connectivity index (χ2v) is 6.82. The van der Waals surface area contributed by atoms with Gasteiger partial charge >= 0.3 is 11.9 Å². The Hall–Kier alpha value is -3.27. The smallest absolute Gasteiger partial charge is 0.328 e. The molecule has 162 valence electrons. The lowest BCUT2D eigenvalue weighted by atomic mass is 9.91. The van der Waals surface area contributed by atoms with E-state index in [1.54, 1.807) is 6.07 Å². The van der Waals surface area contributed by atoms with Crippen LogP contribution in [0.1, 0.15) is 31.4 Å². The van der Waals surface area contributed by atoms with Gasteiger partial charge in [0, 0.05) is 49.5 Å². The number of hydrogen-bond acceptors (Lipinski definition) is 6. The number of benzene rings is 1. The van der Waals surface area contributed by atoms with Gasteiger partial charge in [0.15, 0.2) is 5.58 Å². The molecule has 0 aliphatic carbocycles. The van der Waals surface area contributed by atoms with E-state index >= 15 is 0 Å². The van der Waals surface area contributed by atoms with Gasteiger partial charge in [-0.1, -0.05) is 5.16 Å². The molecule has 1 aliphatic rings. The van der Waals surface area contributed by atoms with Gasteiger partial charge in [0.05, 0.1) is 5.69 Å². The topological polar surface area (TPSA) is 133 Å². The zero-order valence-electron chi connectivity index (χ0n) is 16.5. The molecule has 30 heavy (non-hydrogen) atoms. The first kappa shape index (κ1) is 23.0. The Bertz CT molecular complexity index is 902. The number of likely N-dealkylation sites (tertiary alicyclic amines) is 1. The molecule has 1 amide bonds. The lowest BCUT2D eigenvalue weighted by molar-refractivity contribution is -0.134. The summed E-state index contributed by atoms with van der Waals surface area (Å²) in [6, 6.07) is 4.58. The van der Waals surface area contributed by atoms with Gasteiger partial charge in [-0.15, -0.1) is 0 Å². The maximum Gasteiger partial charge on any atom is 0.328 e. The van der Waals surface area contributed by atoms with Crippen molar-refractivity contribution in [3.63, 3.8) is 0 Å². The Morgan fingerprint density at radius 1 is 1.23 bits per heavy atom. The van der Waals surface area contributed by atoms with E-state index in [9.17, 15) is 18.8 Å². The summed E-state index contributed by atoms with van der Waals surface area (Å²) < 4.78 is 18.4. The first-order chi connectivity index (χ1) is 14.3. The molecule has 0 spiro atoms. The van der Waals surface area contributed by atoms with Gasteiger partial charge in [0.25, 0.3) is 0 Å². The van der Waals surface area contributed by atoms with Crippen LogP contribution in [0.25, 0.3) is 11.0 Å². The maximum atomic E-state index is 13.2. The fourth-order valence-corrected chi connectivity index (χ4v) is 3.19. The highest BCUT2D eigenvalue weighted by Crippen LogP contribution is 2.32. The number of rotatable bonds is 6. The van der Waals surface area contributed by atoms with Gasteiger partial charge < -0.3 is 25.0 Å². The Labute approximate surface area is 172 Å². The van der Waals surface area contributed by atoms with E-state index in [0.717, 1.165) is 43.6 Å². The molecule has 1 aromatic carbocycles. The van der Waals surface area contributed by atoms with Gasteiger partial charge in [-0.2, -0.15) is 0 Å². The van der Waals surface area contributed by atoms with Gasteiger partial charge in [0.2, 0.25) is 5.91 Å². The molecule has 2 aromatic rings. The number of amides is 1. The number of nitrogens with one attached hydrogen (secondary N) is 1. The van der Waals surface area contributed by atoms with Gasteiger partial charge in [-0.05, 0) is 38.1 Å². The Morgan fingerprint density at radius 3 is 2.43 bits per heavy atom. The van der Waals surface area contributed by atoms with Crippen LogP contribution in [0.15, 0.2) is 34.9 Å². The average Bonchev–Trinajstić information content (AvgIpc) is 3.10. The number of fused-ring (bicyclic) bond motifs is 1. The second-order valence-electron chi connectivity index (χ2n) is 6.82. The van der Waals surface area contributed by atoms with E-state index < -0.39 is 11.9 Å². The molecule has 2 heterocycles. The van der Waals surface area contributed by atoms with Crippen LogP contribution in [-0.2, 0) is 14.4 Å². The normalized spacial score (nSPS) is 15.0. The summed E-state index contributed by atoms with van der Waals surface area (Å²) in [5, 5.41) is 23.5. The summed E-state index contributed by atoms with van der Waals surface area (Å²) in [4.78, 5) is 32.3. The molecule has 1 aliphatic heterocycles. The van der Waals surface area contributed by atoms with E-state index in [0.29, 0.717) is 30.2 Å². The number of nitrogens with zero attached hydrogens (tertiary/aromatic N) is 2. The highest BCUT2D eigenvalue weighted by molar-refractivity contribution is 5.89. The van der Waals surface area contributed by atoms with Crippen molar-refractivity contribution in [1.82, 2.24) is 15.4 Å². The molecule has 1 aromatic heterocycles. The number of aliphatic carboxylic acids is 2. The number of carbonyl (C=O) groups is 3. The number of hydrogen-bond donors (Lipinski definition) is 3. The van der Waals surface area contributed by atoms with Gasteiger partial charge in [-0.3, -0.25) is 4.79 Å². The molecular formula is C20H24FN3O6. The van der Waals surface area contributed by atoms with Gasteiger partial charge in [0.1, 0.15) is 5.82 Å². The lowest BCUT2D eigenvalue weighted by Gasteiger charge is -2.31. The zero-order valence-corrected chi connectivity index (χ0v) is 16.5. The van der Waals surface area contributed by atoms with Crippen LogP contribution in [0.2, 0.25) is 0 Å². The molecular weight excluding hydrogens is 397 g/mol. The van der Waals surface area contributed by atoms with Crippen LogP contribution >= 0.6 is 0 Å². The monoisotopic (exact) mass is 421 g/mol. The van der Waals surface area contributed by atoms with E-state index in [-0.39, 0.29) is 11.7 Å². The van der Waals surface area contributed by atoms with Crippen molar-refractivity contribution in [2.75, 3.05) is 26.2 Å². The zero-order chi connectivity index (χ0) is 22.1. The molecule has 0 radical (unpaired) electrons. The predicted octanol–water partition coefficient (Wildman–Crippen LogP) is 1.99. The van der Waals surface area contributed by atoms with Crippen molar-refractivity contribution >= 4 is 28.8 Å². The molecule has 1 saturated heterocycles. The van der Waals surface area contributed by atoms with E-state index in [4.69, 9.17) is 14.7 Å². The summed E-state index contributed by atoms with van der Waals surface area (Å²) in [6.45, 7) is 5.04. The highest BCUT2D eigenvalue weighted by atomic mass is 19.1. The summed E-state index contributed by atoms with van der Waals surface area (Å²) in [5.41, 5.74) is 1.46. The molecule has 1 fully saturated rings. The summed E-state index contributed by atoms with van der Waals surface area (Å²) in [6.07, 6.45) is 3.11. The Balaban J connectivity index is 0.000000343. The lowest BCUT2D eigenvalue weighted by Crippen LogP contribution is -2.38. The third-order valence-corrected chi connectivity index (χ3v) is 4.61. The van der Waals surface area contributed by atoms with Crippen LogP contribution in [0.5, 0.6) is 0 Å². The maximum absolute atomic E-state index is 13.2. The minimum Gasteiger partial charge on any atom is -0.478 e. The van der Waals surface area contributed by atoms with E-state index in [1.165, 1.54) is 19.1 Å². The Kier molecular flexibility index (Phi) is 8.48. The molecule has 10 heteroatoms. The molecule has 3 N–H and O–H groups in total. The standard InChI is InChI=1S/C16H20FN3O2.C4H4O4/c1-11(21)18-6-9-20-7-4-12(5-8-20)16-14-3-2-13(17)10-15(14)22-19-16;5-3(6)1-2-4(7)8/h2-3,10,12H,4-9H2,1H3,(H,18,21);1-2H,(H,5,6)(H,7,8). The largest absolute Gasteiger partial charge is 0.478 e. The number of halogens is 1. The minimum absolute atomic E-state index is 0.0104. The number of piperidine rings is 1. The quantitative estimate of drug-likeness (QED) is 0.603. The third-order valence-electron chi connectivity index (χ3n) is 4.61.